The number of allylic oxidation sites excluding steroid dienone is 2. The number of pyridine rings is 1. The first kappa shape index (κ1) is 12.6. The maximum atomic E-state index is 6.47. The minimum atomic E-state index is 0.577. The Bertz CT molecular complexity index is 929. The molecule has 0 saturated heterocycles. The average molecular weight is 297 g/mol. The summed E-state index contributed by atoms with van der Waals surface area (Å²) in [5, 5.41) is 2.69. The van der Waals surface area contributed by atoms with Crippen LogP contribution >= 0.6 is 11.6 Å². The van der Waals surface area contributed by atoms with Crippen LogP contribution < -0.4 is 15.3 Å². The second-order valence-electron chi connectivity index (χ2n) is 5.24. The molecule has 2 heterocycles. The van der Waals surface area contributed by atoms with Gasteiger partial charge in [0.15, 0.2) is 0 Å². The number of ether oxygens (including phenoxy) is 1. The number of methoxy groups -OCH3 is 1. The predicted molar refractivity (Wildman–Crippen MR) is 82.1 cm³/mol. The molecule has 0 atom stereocenters. The van der Waals surface area contributed by atoms with Crippen molar-refractivity contribution in [3.8, 4) is 5.88 Å². The highest BCUT2D eigenvalue weighted by atomic mass is 35.5. The summed E-state index contributed by atoms with van der Waals surface area (Å²) in [4.78, 5) is 9.01. The number of nitrogens with zero attached hydrogens (tertiary/aromatic N) is 2. The van der Waals surface area contributed by atoms with E-state index in [9.17, 15) is 0 Å². The predicted octanol–water partition coefficient (Wildman–Crippen LogP) is 2.32. The van der Waals surface area contributed by atoms with Gasteiger partial charge in [-0.1, -0.05) is 23.7 Å². The van der Waals surface area contributed by atoms with Crippen molar-refractivity contribution in [1.29, 1.82) is 0 Å². The number of hydrogen-bond donors (Lipinski definition) is 0. The standard InChI is InChI=1S/C17H13ClN2O/c1-9-3-5-12(18)16-10(9)4-6-13-17(16)11-8-19-15(21-2)7-14(11)20-13/h3,5-8H,4H2,1-2H3. The second-order valence-corrected chi connectivity index (χ2v) is 5.65. The summed E-state index contributed by atoms with van der Waals surface area (Å²) in [6.07, 6.45) is 4.84. The third-order valence-electron chi connectivity index (χ3n) is 4.08. The van der Waals surface area contributed by atoms with Crippen LogP contribution in [0.25, 0.3) is 5.57 Å². The zero-order chi connectivity index (χ0) is 14.6. The van der Waals surface area contributed by atoms with E-state index in [4.69, 9.17) is 21.3 Å². The van der Waals surface area contributed by atoms with Crippen molar-refractivity contribution in [3.63, 3.8) is 0 Å². The minimum Gasteiger partial charge on any atom is -0.481 e. The zero-order valence-corrected chi connectivity index (χ0v) is 12.5. The van der Waals surface area contributed by atoms with Gasteiger partial charge in [-0.15, -0.1) is 0 Å². The summed E-state index contributed by atoms with van der Waals surface area (Å²) in [5.74, 6) is 0.577. The molecule has 0 amide bonds. The van der Waals surface area contributed by atoms with E-state index in [0.29, 0.717) is 5.88 Å². The number of benzene rings is 1. The molecule has 0 saturated carbocycles. The molecule has 4 rings (SSSR count). The smallest absolute Gasteiger partial charge is 0.215 e. The maximum absolute atomic E-state index is 6.47. The van der Waals surface area contributed by atoms with Gasteiger partial charge in [-0.05, 0) is 30.5 Å². The van der Waals surface area contributed by atoms with Crippen molar-refractivity contribution >= 4 is 17.2 Å². The summed E-state index contributed by atoms with van der Waals surface area (Å²) in [6, 6.07) is 5.89. The monoisotopic (exact) mass is 296 g/mol. The Morgan fingerprint density at radius 2 is 2.14 bits per heavy atom. The summed E-state index contributed by atoms with van der Waals surface area (Å²) in [7, 11) is 1.61. The molecule has 1 aromatic heterocycles. The molecule has 0 spiro atoms. The fourth-order valence-corrected chi connectivity index (χ4v) is 3.28. The average Bonchev–Trinajstić information content (AvgIpc) is 2.88. The molecule has 0 bridgehead atoms. The van der Waals surface area contributed by atoms with E-state index in [0.717, 1.165) is 38.9 Å². The van der Waals surface area contributed by atoms with Crippen molar-refractivity contribution in [2.45, 2.75) is 13.3 Å². The lowest BCUT2D eigenvalue weighted by molar-refractivity contribution is 0.397. The van der Waals surface area contributed by atoms with E-state index in [2.05, 4.69) is 24.1 Å². The lowest BCUT2D eigenvalue weighted by atomic mass is 9.87. The molecule has 1 aromatic carbocycles. The van der Waals surface area contributed by atoms with Gasteiger partial charge in [-0.3, -0.25) is 0 Å². The molecule has 2 aromatic rings. The molecule has 0 unspecified atom stereocenters. The van der Waals surface area contributed by atoms with Gasteiger partial charge in [-0.25, -0.2) is 9.98 Å². The first-order valence-electron chi connectivity index (χ1n) is 6.81. The van der Waals surface area contributed by atoms with Crippen LogP contribution in [0.1, 0.15) is 16.7 Å². The van der Waals surface area contributed by atoms with Gasteiger partial charge in [0, 0.05) is 33.6 Å². The molecule has 2 aliphatic rings. The molecule has 0 fully saturated rings. The summed E-state index contributed by atoms with van der Waals surface area (Å²) >= 11 is 6.47. The molecular weight excluding hydrogens is 284 g/mol. The summed E-state index contributed by atoms with van der Waals surface area (Å²) in [6.45, 7) is 2.12. The molecular formula is C17H13ClN2O. The van der Waals surface area contributed by atoms with Crippen molar-refractivity contribution in [1.82, 2.24) is 4.98 Å². The summed E-state index contributed by atoms with van der Waals surface area (Å²) in [5.41, 5.74) is 5.71. The van der Waals surface area contributed by atoms with E-state index in [-0.39, 0.29) is 0 Å². The van der Waals surface area contributed by atoms with Crippen LogP contribution in [0.4, 0.5) is 0 Å². The van der Waals surface area contributed by atoms with Gasteiger partial charge in [0.05, 0.1) is 18.2 Å². The largest absolute Gasteiger partial charge is 0.481 e. The topological polar surface area (TPSA) is 34.5 Å². The van der Waals surface area contributed by atoms with Crippen LogP contribution in [-0.4, -0.2) is 12.1 Å². The van der Waals surface area contributed by atoms with Gasteiger partial charge < -0.3 is 4.74 Å². The maximum Gasteiger partial charge on any atom is 0.215 e. The van der Waals surface area contributed by atoms with Gasteiger partial charge >= 0.3 is 0 Å². The van der Waals surface area contributed by atoms with Gasteiger partial charge in [0.1, 0.15) is 0 Å². The number of hydrogen-bond acceptors (Lipinski definition) is 3. The zero-order valence-electron chi connectivity index (χ0n) is 11.8. The molecule has 21 heavy (non-hydrogen) atoms. The van der Waals surface area contributed by atoms with Crippen molar-refractivity contribution in [3.05, 3.63) is 68.5 Å². The molecule has 3 nitrogen and oxygen atoms in total. The van der Waals surface area contributed by atoms with E-state index < -0.39 is 0 Å². The quantitative estimate of drug-likeness (QED) is 0.809. The van der Waals surface area contributed by atoms with E-state index >= 15 is 0 Å². The van der Waals surface area contributed by atoms with Gasteiger partial charge in [-0.2, -0.15) is 0 Å². The minimum absolute atomic E-state index is 0.577. The fraction of sp³-hybridized carbons (Fsp3) is 0.176. The highest BCUT2D eigenvalue weighted by molar-refractivity contribution is 6.32. The number of aryl methyl sites for hydroxylation is 1. The van der Waals surface area contributed by atoms with Gasteiger partial charge in [0.2, 0.25) is 5.88 Å². The Morgan fingerprint density at radius 1 is 1.29 bits per heavy atom. The number of rotatable bonds is 1. The second kappa shape index (κ2) is 4.43. The first-order chi connectivity index (χ1) is 10.2. The molecule has 104 valence electrons. The molecule has 1 aliphatic heterocycles. The van der Waals surface area contributed by atoms with Crippen molar-refractivity contribution in [2.75, 3.05) is 7.11 Å². The Hall–Kier alpha value is -2.13. The lowest BCUT2D eigenvalue weighted by Crippen LogP contribution is -2.25. The van der Waals surface area contributed by atoms with Crippen LogP contribution in [0.2, 0.25) is 5.02 Å². The van der Waals surface area contributed by atoms with E-state index in [1.54, 1.807) is 7.11 Å². The first-order valence-corrected chi connectivity index (χ1v) is 7.19. The fourth-order valence-electron chi connectivity index (χ4n) is 3.01. The third-order valence-corrected chi connectivity index (χ3v) is 4.39. The molecule has 4 heteroatoms. The third kappa shape index (κ3) is 1.74. The Kier molecular flexibility index (Phi) is 2.66. The Labute approximate surface area is 127 Å². The molecule has 0 N–H and O–H groups in total. The van der Waals surface area contributed by atoms with Crippen LogP contribution in [0.15, 0.2) is 41.2 Å². The van der Waals surface area contributed by atoms with Crippen LogP contribution in [-0.2, 0) is 6.42 Å². The number of halogens is 1. The highest BCUT2D eigenvalue weighted by Gasteiger charge is 2.25. The van der Waals surface area contributed by atoms with Crippen LogP contribution in [0.5, 0.6) is 5.88 Å². The Morgan fingerprint density at radius 3 is 2.95 bits per heavy atom. The normalized spacial score (nSPS) is 14.8. The SMILES string of the molecule is COc1cc2c(cn1)=C1C(=CCc3c(C)ccc(Cl)c31)N=2. The Balaban J connectivity index is 2.12. The van der Waals surface area contributed by atoms with E-state index in [1.165, 1.54) is 11.1 Å². The number of fused-ring (bicyclic) bond motifs is 4. The number of aromatic nitrogens is 1. The van der Waals surface area contributed by atoms with Crippen LogP contribution in [0.3, 0.4) is 0 Å². The van der Waals surface area contributed by atoms with Crippen LogP contribution in [0, 0.1) is 6.92 Å². The van der Waals surface area contributed by atoms with Gasteiger partial charge in [0.25, 0.3) is 0 Å². The molecule has 1 aliphatic carbocycles. The lowest BCUT2D eigenvalue weighted by Gasteiger charge is -2.19. The van der Waals surface area contributed by atoms with E-state index in [1.807, 2.05) is 18.3 Å². The van der Waals surface area contributed by atoms with Crippen molar-refractivity contribution < 1.29 is 4.74 Å². The molecule has 0 radical (unpaired) electrons. The van der Waals surface area contributed by atoms with Crippen molar-refractivity contribution in [2.24, 2.45) is 4.99 Å². The highest BCUT2D eigenvalue weighted by Crippen LogP contribution is 2.37. The summed E-state index contributed by atoms with van der Waals surface area (Å²) < 4.78 is 5.18.